The molecule has 1 aliphatic heterocycles. The van der Waals surface area contributed by atoms with Gasteiger partial charge in [-0.2, -0.15) is 10.2 Å². The predicted octanol–water partition coefficient (Wildman–Crippen LogP) is 4.19. The number of aromatic nitrogens is 4. The maximum atomic E-state index is 12.6. The second-order valence-corrected chi connectivity index (χ2v) is 8.71. The van der Waals surface area contributed by atoms with E-state index in [0.29, 0.717) is 18.9 Å². The monoisotopic (exact) mass is 419 g/mol. The Morgan fingerprint density at radius 3 is 2.84 bits per heavy atom. The third-order valence-electron chi connectivity index (χ3n) is 6.64. The Bertz CT molecular complexity index is 1050. The molecule has 3 aromatic rings. The normalized spacial score (nSPS) is 19.1. The van der Waals surface area contributed by atoms with Crippen LogP contribution in [0, 0.1) is 5.92 Å². The molecule has 1 aliphatic carbocycles. The molecule has 162 valence electrons. The summed E-state index contributed by atoms with van der Waals surface area (Å²) in [5.41, 5.74) is 3.26. The third-order valence-corrected chi connectivity index (χ3v) is 6.64. The Hall–Kier alpha value is -3.09. The van der Waals surface area contributed by atoms with Gasteiger partial charge in [0, 0.05) is 42.4 Å². The summed E-state index contributed by atoms with van der Waals surface area (Å²) in [5, 5.41) is 12.1. The SMILES string of the molecule is COc1ccc(C2CC(=O)Nc3c2cnn3CC2CCCCC2)cc1Cn1cccn1. The summed E-state index contributed by atoms with van der Waals surface area (Å²) in [7, 11) is 1.68. The summed E-state index contributed by atoms with van der Waals surface area (Å²) >= 11 is 0. The number of nitrogens with one attached hydrogen (secondary N) is 1. The van der Waals surface area contributed by atoms with Crippen LogP contribution in [0.5, 0.6) is 5.75 Å². The molecule has 1 saturated carbocycles. The van der Waals surface area contributed by atoms with Crippen LogP contribution in [-0.2, 0) is 17.9 Å². The molecular weight excluding hydrogens is 390 g/mol. The standard InChI is InChI=1S/C24H29N5O2/c1-31-22-9-8-18(12-19(22)16-28-11-5-10-25-28)20-13-23(30)27-24-21(20)14-26-29(24)15-17-6-3-2-4-7-17/h5,8-12,14,17,20H,2-4,6-7,13,15-16H2,1H3,(H,27,30). The second kappa shape index (κ2) is 8.57. The van der Waals surface area contributed by atoms with E-state index in [4.69, 9.17) is 4.74 Å². The van der Waals surface area contributed by atoms with Gasteiger partial charge >= 0.3 is 0 Å². The first-order valence-corrected chi connectivity index (χ1v) is 11.2. The van der Waals surface area contributed by atoms with E-state index in [1.165, 1.54) is 32.1 Å². The molecule has 0 saturated heterocycles. The van der Waals surface area contributed by atoms with Gasteiger partial charge in [0.25, 0.3) is 0 Å². The number of nitrogens with zero attached hydrogens (tertiary/aromatic N) is 4. The third kappa shape index (κ3) is 4.09. The molecule has 1 aromatic carbocycles. The largest absolute Gasteiger partial charge is 0.496 e. The van der Waals surface area contributed by atoms with E-state index in [2.05, 4.69) is 27.6 Å². The summed E-state index contributed by atoms with van der Waals surface area (Å²) in [6.07, 6.45) is 12.5. The molecule has 2 aromatic heterocycles. The van der Waals surface area contributed by atoms with Crippen LogP contribution in [0.2, 0.25) is 0 Å². The zero-order valence-corrected chi connectivity index (χ0v) is 18.0. The summed E-state index contributed by atoms with van der Waals surface area (Å²) in [6.45, 7) is 1.51. The number of carbonyl (C=O) groups is 1. The molecule has 2 aliphatic rings. The fraction of sp³-hybridized carbons (Fsp3) is 0.458. The molecule has 5 rings (SSSR count). The average Bonchev–Trinajstić information content (AvgIpc) is 3.44. The highest BCUT2D eigenvalue weighted by molar-refractivity contribution is 5.94. The second-order valence-electron chi connectivity index (χ2n) is 8.71. The van der Waals surface area contributed by atoms with Crippen molar-refractivity contribution in [2.24, 2.45) is 5.92 Å². The molecule has 7 nitrogen and oxygen atoms in total. The summed E-state index contributed by atoms with van der Waals surface area (Å²) in [5.74, 6) is 2.39. The Morgan fingerprint density at radius 2 is 2.06 bits per heavy atom. The van der Waals surface area contributed by atoms with Crippen molar-refractivity contribution in [3.05, 3.63) is 59.5 Å². The Labute approximate surface area is 182 Å². The van der Waals surface area contributed by atoms with Crippen molar-refractivity contribution in [1.29, 1.82) is 0 Å². The van der Waals surface area contributed by atoms with E-state index in [-0.39, 0.29) is 11.8 Å². The van der Waals surface area contributed by atoms with E-state index < -0.39 is 0 Å². The number of hydrogen-bond donors (Lipinski definition) is 1. The van der Waals surface area contributed by atoms with Crippen molar-refractivity contribution in [2.45, 2.75) is 57.5 Å². The number of hydrogen-bond acceptors (Lipinski definition) is 4. The number of amides is 1. The first-order valence-electron chi connectivity index (χ1n) is 11.2. The van der Waals surface area contributed by atoms with Crippen LogP contribution in [0.1, 0.15) is 61.1 Å². The highest BCUT2D eigenvalue weighted by Gasteiger charge is 2.31. The van der Waals surface area contributed by atoms with Crippen molar-refractivity contribution in [3.8, 4) is 5.75 Å². The Kier molecular flexibility index (Phi) is 5.49. The maximum absolute atomic E-state index is 12.6. The lowest BCUT2D eigenvalue weighted by Crippen LogP contribution is -2.26. The van der Waals surface area contributed by atoms with Crippen molar-refractivity contribution < 1.29 is 9.53 Å². The minimum absolute atomic E-state index is 0.00821. The van der Waals surface area contributed by atoms with Gasteiger partial charge in [-0.25, -0.2) is 4.68 Å². The first-order chi connectivity index (χ1) is 15.2. The van der Waals surface area contributed by atoms with E-state index in [9.17, 15) is 4.79 Å². The van der Waals surface area contributed by atoms with Gasteiger partial charge in [0.2, 0.25) is 5.91 Å². The van der Waals surface area contributed by atoms with Crippen LogP contribution in [0.25, 0.3) is 0 Å². The number of methoxy groups -OCH3 is 1. The molecule has 0 spiro atoms. The summed E-state index contributed by atoms with van der Waals surface area (Å²) in [6, 6.07) is 8.12. The van der Waals surface area contributed by atoms with Gasteiger partial charge in [-0.3, -0.25) is 9.48 Å². The van der Waals surface area contributed by atoms with Gasteiger partial charge in [0.05, 0.1) is 19.9 Å². The molecule has 1 unspecified atom stereocenters. The zero-order chi connectivity index (χ0) is 21.2. The Balaban J connectivity index is 1.45. The van der Waals surface area contributed by atoms with Crippen molar-refractivity contribution >= 4 is 11.7 Å². The lowest BCUT2D eigenvalue weighted by molar-refractivity contribution is -0.116. The highest BCUT2D eigenvalue weighted by Crippen LogP contribution is 2.39. The zero-order valence-electron chi connectivity index (χ0n) is 18.0. The van der Waals surface area contributed by atoms with Gasteiger partial charge in [-0.15, -0.1) is 0 Å². The first kappa shape index (κ1) is 19.8. The predicted molar refractivity (Wildman–Crippen MR) is 118 cm³/mol. The van der Waals surface area contributed by atoms with Crippen molar-refractivity contribution in [1.82, 2.24) is 19.6 Å². The Morgan fingerprint density at radius 1 is 1.19 bits per heavy atom. The number of fused-ring (bicyclic) bond motifs is 1. The number of anilines is 1. The van der Waals surface area contributed by atoms with E-state index >= 15 is 0 Å². The highest BCUT2D eigenvalue weighted by atomic mass is 16.5. The van der Waals surface area contributed by atoms with Crippen LogP contribution in [0.15, 0.2) is 42.9 Å². The van der Waals surface area contributed by atoms with Crippen LogP contribution in [0.4, 0.5) is 5.82 Å². The summed E-state index contributed by atoms with van der Waals surface area (Å²) in [4.78, 5) is 12.6. The minimum atomic E-state index is -0.00821. The van der Waals surface area contributed by atoms with E-state index in [1.807, 2.05) is 33.9 Å². The maximum Gasteiger partial charge on any atom is 0.226 e. The lowest BCUT2D eigenvalue weighted by Gasteiger charge is -2.26. The van der Waals surface area contributed by atoms with Crippen molar-refractivity contribution in [3.63, 3.8) is 0 Å². The van der Waals surface area contributed by atoms with Gasteiger partial charge in [-0.05, 0) is 42.5 Å². The van der Waals surface area contributed by atoms with Gasteiger partial charge < -0.3 is 10.1 Å². The molecule has 1 fully saturated rings. The molecule has 31 heavy (non-hydrogen) atoms. The average molecular weight is 420 g/mol. The van der Waals surface area contributed by atoms with Crippen LogP contribution < -0.4 is 10.1 Å². The molecule has 1 amide bonds. The minimum Gasteiger partial charge on any atom is -0.496 e. The number of rotatable bonds is 6. The molecule has 1 atom stereocenters. The fourth-order valence-electron chi connectivity index (χ4n) is 5.03. The number of ether oxygens (including phenoxy) is 1. The summed E-state index contributed by atoms with van der Waals surface area (Å²) < 4.78 is 9.47. The van der Waals surface area contributed by atoms with Crippen molar-refractivity contribution in [2.75, 3.05) is 12.4 Å². The smallest absolute Gasteiger partial charge is 0.226 e. The van der Waals surface area contributed by atoms with E-state index in [1.54, 1.807) is 13.3 Å². The molecule has 1 N–H and O–H groups in total. The number of carbonyl (C=O) groups excluding carboxylic acids is 1. The molecule has 0 radical (unpaired) electrons. The van der Waals surface area contributed by atoms with Crippen LogP contribution >= 0.6 is 0 Å². The van der Waals surface area contributed by atoms with Gasteiger partial charge in [-0.1, -0.05) is 25.3 Å². The van der Waals surface area contributed by atoms with Crippen LogP contribution in [-0.4, -0.2) is 32.6 Å². The topological polar surface area (TPSA) is 74.0 Å². The van der Waals surface area contributed by atoms with Crippen LogP contribution in [0.3, 0.4) is 0 Å². The molecule has 7 heteroatoms. The molecule has 0 bridgehead atoms. The van der Waals surface area contributed by atoms with Gasteiger partial charge in [0.1, 0.15) is 11.6 Å². The van der Waals surface area contributed by atoms with E-state index in [0.717, 1.165) is 34.8 Å². The fourth-order valence-corrected chi connectivity index (χ4v) is 5.03. The van der Waals surface area contributed by atoms with Gasteiger partial charge in [0.15, 0.2) is 0 Å². The number of benzene rings is 1. The molecular formula is C24H29N5O2. The molecule has 3 heterocycles. The lowest BCUT2D eigenvalue weighted by atomic mass is 9.86. The quantitative estimate of drug-likeness (QED) is 0.650.